The number of benzene rings is 1. The van der Waals surface area contributed by atoms with Gasteiger partial charge in [0.25, 0.3) is 0 Å². The maximum absolute atomic E-state index is 14.0. The maximum atomic E-state index is 14.0. The molecule has 0 bridgehead atoms. The van der Waals surface area contributed by atoms with E-state index in [0.717, 1.165) is 6.07 Å². The summed E-state index contributed by atoms with van der Waals surface area (Å²) >= 11 is 0. The lowest BCUT2D eigenvalue weighted by molar-refractivity contribution is -0.386. The van der Waals surface area contributed by atoms with E-state index in [1.54, 1.807) is 7.05 Å². The fraction of sp³-hybridized carbons (Fsp3) is 0.250. The molecule has 0 unspecified atom stereocenters. The first-order chi connectivity index (χ1) is 10.2. The molecule has 0 aliphatic rings. The number of aromatic nitrogens is 2. The number of nitrogens with zero attached hydrogens (tertiary/aromatic N) is 3. The molecule has 0 saturated heterocycles. The standard InChI is InChI=1S/C12H9F4N3O3/c1-18-5-7(4-17-18)8-2-10(19(20)21)11(3-9(8)13)22-6-12(14,15)16/h2-5H,6H2,1H3. The Bertz CT molecular complexity index is 712. The lowest BCUT2D eigenvalue weighted by Crippen LogP contribution is -2.19. The molecule has 1 heterocycles. The average Bonchev–Trinajstić information content (AvgIpc) is 2.81. The van der Waals surface area contributed by atoms with E-state index in [1.165, 1.54) is 17.1 Å². The highest BCUT2D eigenvalue weighted by Crippen LogP contribution is 2.35. The van der Waals surface area contributed by atoms with Crippen LogP contribution in [0.15, 0.2) is 24.5 Å². The van der Waals surface area contributed by atoms with E-state index in [9.17, 15) is 27.7 Å². The van der Waals surface area contributed by atoms with Crippen LogP contribution in [0.3, 0.4) is 0 Å². The van der Waals surface area contributed by atoms with Gasteiger partial charge in [-0.25, -0.2) is 4.39 Å². The van der Waals surface area contributed by atoms with Crippen LogP contribution in [0.1, 0.15) is 0 Å². The lowest BCUT2D eigenvalue weighted by atomic mass is 10.1. The molecule has 1 aromatic heterocycles. The number of rotatable bonds is 4. The summed E-state index contributed by atoms with van der Waals surface area (Å²) in [6.07, 6.45) is -2.00. The van der Waals surface area contributed by atoms with Crippen LogP contribution >= 0.6 is 0 Å². The van der Waals surface area contributed by atoms with E-state index < -0.39 is 35.0 Å². The van der Waals surface area contributed by atoms with Gasteiger partial charge in [0, 0.05) is 36.5 Å². The minimum atomic E-state index is -4.69. The van der Waals surface area contributed by atoms with Crippen molar-refractivity contribution in [3.05, 3.63) is 40.5 Å². The lowest BCUT2D eigenvalue weighted by Gasteiger charge is -2.10. The van der Waals surface area contributed by atoms with Crippen LogP contribution < -0.4 is 4.74 Å². The predicted molar refractivity (Wildman–Crippen MR) is 66.8 cm³/mol. The van der Waals surface area contributed by atoms with Crippen LogP contribution in [0.2, 0.25) is 0 Å². The number of alkyl halides is 3. The summed E-state index contributed by atoms with van der Waals surface area (Å²) in [5.41, 5.74) is -0.658. The fourth-order valence-corrected chi connectivity index (χ4v) is 1.74. The molecular formula is C12H9F4N3O3. The van der Waals surface area contributed by atoms with Gasteiger partial charge in [-0.2, -0.15) is 18.3 Å². The Morgan fingerprint density at radius 1 is 1.41 bits per heavy atom. The van der Waals surface area contributed by atoms with Crippen molar-refractivity contribution in [2.75, 3.05) is 6.61 Å². The Balaban J connectivity index is 2.44. The largest absolute Gasteiger partial charge is 0.477 e. The van der Waals surface area contributed by atoms with E-state index in [4.69, 9.17) is 0 Å². The van der Waals surface area contributed by atoms with Crippen molar-refractivity contribution in [2.45, 2.75) is 6.18 Å². The smallest absolute Gasteiger partial charge is 0.422 e. The minimum Gasteiger partial charge on any atom is -0.477 e. The second kappa shape index (κ2) is 5.62. The summed E-state index contributed by atoms with van der Waals surface area (Å²) in [5.74, 6) is -1.73. The Hall–Kier alpha value is -2.65. The van der Waals surface area contributed by atoms with Gasteiger partial charge in [0.15, 0.2) is 12.4 Å². The minimum absolute atomic E-state index is 0.154. The van der Waals surface area contributed by atoms with Gasteiger partial charge in [-0.1, -0.05) is 0 Å². The normalized spacial score (nSPS) is 11.5. The molecule has 0 atom stereocenters. The topological polar surface area (TPSA) is 70.2 Å². The zero-order chi connectivity index (χ0) is 16.5. The molecule has 0 aliphatic carbocycles. The highest BCUT2D eigenvalue weighted by molar-refractivity contribution is 5.68. The fourth-order valence-electron chi connectivity index (χ4n) is 1.74. The third-order valence-corrected chi connectivity index (χ3v) is 2.65. The third kappa shape index (κ3) is 3.51. The number of halogens is 4. The van der Waals surface area contributed by atoms with E-state index in [-0.39, 0.29) is 11.1 Å². The van der Waals surface area contributed by atoms with E-state index >= 15 is 0 Å². The third-order valence-electron chi connectivity index (χ3n) is 2.65. The molecule has 10 heteroatoms. The van der Waals surface area contributed by atoms with Gasteiger partial charge < -0.3 is 4.74 Å². The van der Waals surface area contributed by atoms with Gasteiger partial charge in [-0.15, -0.1) is 0 Å². The number of hydrogen-bond donors (Lipinski definition) is 0. The zero-order valence-electron chi connectivity index (χ0n) is 11.1. The molecule has 0 saturated carbocycles. The summed E-state index contributed by atoms with van der Waals surface area (Å²) in [7, 11) is 1.57. The first-order valence-electron chi connectivity index (χ1n) is 5.84. The summed E-state index contributed by atoms with van der Waals surface area (Å²) in [6.45, 7) is -1.75. The van der Waals surface area contributed by atoms with Gasteiger partial charge >= 0.3 is 11.9 Å². The second-order valence-electron chi connectivity index (χ2n) is 4.36. The van der Waals surface area contributed by atoms with Gasteiger partial charge in [0.05, 0.1) is 11.1 Å². The zero-order valence-corrected chi connectivity index (χ0v) is 11.1. The number of hydrogen-bond acceptors (Lipinski definition) is 4. The van der Waals surface area contributed by atoms with Crippen LogP contribution in [0.25, 0.3) is 11.1 Å². The summed E-state index contributed by atoms with van der Waals surface area (Å²) in [6, 6.07) is 1.38. The summed E-state index contributed by atoms with van der Waals surface area (Å²) < 4.78 is 56.0. The van der Waals surface area contributed by atoms with Gasteiger partial charge in [0.2, 0.25) is 0 Å². The summed E-state index contributed by atoms with van der Waals surface area (Å²) in [5, 5.41) is 14.7. The van der Waals surface area contributed by atoms with Gasteiger partial charge in [0.1, 0.15) is 5.82 Å². The maximum Gasteiger partial charge on any atom is 0.422 e. The molecule has 0 radical (unpaired) electrons. The Morgan fingerprint density at radius 2 is 2.09 bits per heavy atom. The molecule has 2 aromatic rings. The van der Waals surface area contributed by atoms with E-state index in [2.05, 4.69) is 9.84 Å². The molecular weight excluding hydrogens is 310 g/mol. The molecule has 0 fully saturated rings. The number of ether oxygens (including phenoxy) is 1. The molecule has 118 valence electrons. The van der Waals surface area contributed by atoms with Crippen molar-refractivity contribution in [3.63, 3.8) is 0 Å². The van der Waals surface area contributed by atoms with Crippen molar-refractivity contribution in [3.8, 4) is 16.9 Å². The van der Waals surface area contributed by atoms with Crippen LogP contribution in [0, 0.1) is 15.9 Å². The molecule has 0 N–H and O–H groups in total. The number of nitro groups is 1. The molecule has 22 heavy (non-hydrogen) atoms. The molecule has 1 aromatic carbocycles. The number of nitro benzene ring substituents is 1. The van der Waals surface area contributed by atoms with Crippen molar-refractivity contribution >= 4 is 5.69 Å². The van der Waals surface area contributed by atoms with Gasteiger partial charge in [-0.05, 0) is 0 Å². The van der Waals surface area contributed by atoms with Gasteiger partial charge in [-0.3, -0.25) is 14.8 Å². The van der Waals surface area contributed by atoms with Crippen molar-refractivity contribution in [1.82, 2.24) is 9.78 Å². The van der Waals surface area contributed by atoms with Crippen molar-refractivity contribution < 1.29 is 27.2 Å². The first kappa shape index (κ1) is 15.7. The first-order valence-corrected chi connectivity index (χ1v) is 5.84. The Labute approximate surface area is 121 Å². The molecule has 6 nitrogen and oxygen atoms in total. The average molecular weight is 319 g/mol. The predicted octanol–water partition coefficient (Wildman–Crippen LogP) is 3.08. The van der Waals surface area contributed by atoms with E-state index in [0.29, 0.717) is 6.07 Å². The van der Waals surface area contributed by atoms with Crippen LogP contribution in [0.4, 0.5) is 23.2 Å². The molecule has 0 aliphatic heterocycles. The highest BCUT2D eigenvalue weighted by atomic mass is 19.4. The second-order valence-corrected chi connectivity index (χ2v) is 4.36. The number of aryl methyl sites for hydroxylation is 1. The highest BCUT2D eigenvalue weighted by Gasteiger charge is 2.30. The van der Waals surface area contributed by atoms with Crippen LogP contribution in [-0.2, 0) is 7.05 Å². The monoisotopic (exact) mass is 319 g/mol. The molecule has 0 spiro atoms. The van der Waals surface area contributed by atoms with Crippen molar-refractivity contribution in [1.29, 1.82) is 0 Å². The quantitative estimate of drug-likeness (QED) is 0.493. The van der Waals surface area contributed by atoms with Crippen LogP contribution in [-0.4, -0.2) is 27.5 Å². The van der Waals surface area contributed by atoms with E-state index in [1.807, 2.05) is 0 Å². The summed E-state index contributed by atoms with van der Waals surface area (Å²) in [4.78, 5) is 10.0. The molecule has 0 amide bonds. The molecule has 2 rings (SSSR count). The van der Waals surface area contributed by atoms with Crippen molar-refractivity contribution in [2.24, 2.45) is 7.05 Å². The Kier molecular flexibility index (Phi) is 4.02. The SMILES string of the molecule is Cn1cc(-c2cc([N+](=O)[O-])c(OCC(F)(F)F)cc2F)cn1. The van der Waals surface area contributed by atoms with Crippen LogP contribution in [0.5, 0.6) is 5.75 Å². The Morgan fingerprint density at radius 3 is 2.59 bits per heavy atom.